The lowest BCUT2D eigenvalue weighted by Gasteiger charge is -2.07. The Morgan fingerprint density at radius 2 is 2.00 bits per heavy atom. The van der Waals surface area contributed by atoms with Crippen LogP contribution >= 0.6 is 11.6 Å². The van der Waals surface area contributed by atoms with Crippen molar-refractivity contribution in [3.8, 4) is 0 Å². The van der Waals surface area contributed by atoms with E-state index in [4.69, 9.17) is 16.3 Å². The van der Waals surface area contributed by atoms with Crippen molar-refractivity contribution in [1.82, 2.24) is 9.78 Å². The van der Waals surface area contributed by atoms with Gasteiger partial charge in [0.05, 0.1) is 30.2 Å². The molecule has 0 atom stereocenters. The number of ether oxygens (including phenoxy) is 1. The van der Waals surface area contributed by atoms with Gasteiger partial charge in [-0.05, 0) is 38.1 Å². The summed E-state index contributed by atoms with van der Waals surface area (Å²) in [6.45, 7) is 5.02. The van der Waals surface area contributed by atoms with Crippen LogP contribution in [0.25, 0.3) is 0 Å². The van der Waals surface area contributed by atoms with Gasteiger partial charge in [-0.2, -0.15) is 5.10 Å². The molecule has 1 heterocycles. The van der Waals surface area contributed by atoms with Crippen LogP contribution in [-0.2, 0) is 11.3 Å². The molecule has 0 fully saturated rings. The Balaban J connectivity index is 2.17. The minimum Gasteiger partial charge on any atom is -0.383 e. The van der Waals surface area contributed by atoms with Crippen LogP contribution in [0.4, 0.5) is 5.69 Å². The Morgan fingerprint density at radius 1 is 1.33 bits per heavy atom. The first-order valence-electron chi connectivity index (χ1n) is 6.62. The first-order chi connectivity index (χ1) is 10.0. The number of carbonyl (C=O) groups is 1. The van der Waals surface area contributed by atoms with Gasteiger partial charge in [0, 0.05) is 17.7 Å². The van der Waals surface area contributed by atoms with E-state index in [1.54, 1.807) is 31.4 Å². The van der Waals surface area contributed by atoms with Crippen molar-refractivity contribution in [3.63, 3.8) is 0 Å². The fraction of sp³-hybridized carbons (Fsp3) is 0.333. The molecule has 1 aromatic heterocycles. The molecule has 0 saturated carbocycles. The van der Waals surface area contributed by atoms with Crippen molar-refractivity contribution < 1.29 is 9.53 Å². The first kappa shape index (κ1) is 15.5. The number of anilines is 1. The van der Waals surface area contributed by atoms with Gasteiger partial charge in [-0.3, -0.25) is 9.48 Å². The van der Waals surface area contributed by atoms with Crippen molar-refractivity contribution in [3.05, 3.63) is 46.2 Å². The number of carbonyl (C=O) groups excluding carboxylic acids is 1. The number of benzene rings is 1. The minimum atomic E-state index is -0.177. The van der Waals surface area contributed by atoms with Crippen molar-refractivity contribution in [2.75, 3.05) is 19.0 Å². The van der Waals surface area contributed by atoms with E-state index in [0.717, 1.165) is 17.1 Å². The third kappa shape index (κ3) is 3.62. The molecule has 112 valence electrons. The Bertz CT molecular complexity index is 635. The van der Waals surface area contributed by atoms with E-state index in [9.17, 15) is 4.79 Å². The summed E-state index contributed by atoms with van der Waals surface area (Å²) in [6, 6.07) is 6.77. The second-order valence-electron chi connectivity index (χ2n) is 4.72. The number of aryl methyl sites for hydroxylation is 1. The van der Waals surface area contributed by atoms with Crippen LogP contribution in [0, 0.1) is 13.8 Å². The van der Waals surface area contributed by atoms with Gasteiger partial charge in [0.15, 0.2) is 0 Å². The average Bonchev–Trinajstić information content (AvgIpc) is 2.73. The lowest BCUT2D eigenvalue weighted by molar-refractivity contribution is 0.102. The number of amides is 1. The second kappa shape index (κ2) is 6.74. The Hall–Kier alpha value is -1.85. The Kier molecular flexibility index (Phi) is 4.98. The molecular formula is C15H18ClN3O2. The lowest BCUT2D eigenvalue weighted by Crippen LogP contribution is -2.13. The van der Waals surface area contributed by atoms with E-state index in [2.05, 4.69) is 10.4 Å². The minimum absolute atomic E-state index is 0.177. The topological polar surface area (TPSA) is 56.1 Å². The van der Waals surface area contributed by atoms with E-state index >= 15 is 0 Å². The lowest BCUT2D eigenvalue weighted by atomic mass is 10.2. The van der Waals surface area contributed by atoms with Crippen LogP contribution in [0.15, 0.2) is 24.3 Å². The highest BCUT2D eigenvalue weighted by molar-refractivity contribution is 6.30. The van der Waals surface area contributed by atoms with Crippen molar-refractivity contribution >= 4 is 23.2 Å². The van der Waals surface area contributed by atoms with E-state index < -0.39 is 0 Å². The maximum Gasteiger partial charge on any atom is 0.255 e. The fourth-order valence-electron chi connectivity index (χ4n) is 2.06. The molecule has 0 spiro atoms. The number of hydrogen-bond acceptors (Lipinski definition) is 3. The average molecular weight is 308 g/mol. The predicted octanol–water partition coefficient (Wildman–Crippen LogP) is 3.05. The second-order valence-corrected chi connectivity index (χ2v) is 5.16. The van der Waals surface area contributed by atoms with E-state index in [-0.39, 0.29) is 5.91 Å². The number of hydrogen-bond donors (Lipinski definition) is 1. The van der Waals surface area contributed by atoms with Gasteiger partial charge in [-0.25, -0.2) is 0 Å². The van der Waals surface area contributed by atoms with Gasteiger partial charge >= 0.3 is 0 Å². The summed E-state index contributed by atoms with van der Waals surface area (Å²) >= 11 is 5.82. The summed E-state index contributed by atoms with van der Waals surface area (Å²) in [4.78, 5) is 12.2. The van der Waals surface area contributed by atoms with Crippen LogP contribution in [0.3, 0.4) is 0 Å². The van der Waals surface area contributed by atoms with Crippen molar-refractivity contribution in [1.29, 1.82) is 0 Å². The molecule has 0 bridgehead atoms. The van der Waals surface area contributed by atoms with E-state index in [0.29, 0.717) is 23.7 Å². The van der Waals surface area contributed by atoms with Crippen LogP contribution in [0.1, 0.15) is 21.7 Å². The first-order valence-corrected chi connectivity index (χ1v) is 7.00. The van der Waals surface area contributed by atoms with Gasteiger partial charge in [0.1, 0.15) is 0 Å². The van der Waals surface area contributed by atoms with Gasteiger partial charge < -0.3 is 10.1 Å². The molecule has 2 rings (SSSR count). The maximum absolute atomic E-state index is 12.2. The highest BCUT2D eigenvalue weighted by atomic mass is 35.5. The third-order valence-electron chi connectivity index (χ3n) is 3.23. The number of nitrogens with one attached hydrogen (secondary N) is 1. The molecule has 2 aromatic rings. The zero-order chi connectivity index (χ0) is 15.4. The molecule has 0 radical (unpaired) electrons. The summed E-state index contributed by atoms with van der Waals surface area (Å²) in [5.41, 5.74) is 2.99. The summed E-state index contributed by atoms with van der Waals surface area (Å²) < 4.78 is 6.88. The maximum atomic E-state index is 12.2. The standard InChI is InChI=1S/C15H18ClN3O2/c1-10-14(11(2)19(18-10)8-9-21-3)17-15(20)12-4-6-13(16)7-5-12/h4-7H,8-9H2,1-3H3,(H,17,20). The van der Waals surface area contributed by atoms with Crippen LogP contribution in [0.5, 0.6) is 0 Å². The largest absolute Gasteiger partial charge is 0.383 e. The van der Waals surface area contributed by atoms with Gasteiger partial charge in [-0.15, -0.1) is 0 Å². The summed E-state index contributed by atoms with van der Waals surface area (Å²) in [5, 5.41) is 7.92. The number of methoxy groups -OCH3 is 1. The number of halogens is 1. The number of nitrogens with zero attached hydrogens (tertiary/aromatic N) is 2. The molecule has 0 aliphatic rings. The zero-order valence-corrected chi connectivity index (χ0v) is 13.1. The molecule has 0 aliphatic carbocycles. The predicted molar refractivity (Wildman–Crippen MR) is 83.0 cm³/mol. The highest BCUT2D eigenvalue weighted by Gasteiger charge is 2.15. The summed E-state index contributed by atoms with van der Waals surface area (Å²) in [6.07, 6.45) is 0. The third-order valence-corrected chi connectivity index (χ3v) is 3.49. The fourth-order valence-corrected chi connectivity index (χ4v) is 2.19. The molecular weight excluding hydrogens is 290 g/mol. The SMILES string of the molecule is COCCn1nc(C)c(NC(=O)c2ccc(Cl)cc2)c1C. The molecule has 6 heteroatoms. The molecule has 1 amide bonds. The number of aromatic nitrogens is 2. The van der Waals surface area contributed by atoms with Gasteiger partial charge in [0.25, 0.3) is 5.91 Å². The molecule has 5 nitrogen and oxygen atoms in total. The number of rotatable bonds is 5. The highest BCUT2D eigenvalue weighted by Crippen LogP contribution is 2.20. The summed E-state index contributed by atoms with van der Waals surface area (Å²) in [5.74, 6) is -0.177. The zero-order valence-electron chi connectivity index (χ0n) is 12.3. The monoisotopic (exact) mass is 307 g/mol. The molecule has 0 unspecified atom stereocenters. The van der Waals surface area contributed by atoms with E-state index in [1.165, 1.54) is 0 Å². The molecule has 21 heavy (non-hydrogen) atoms. The van der Waals surface area contributed by atoms with Gasteiger partial charge in [0.2, 0.25) is 0 Å². The van der Waals surface area contributed by atoms with Crippen molar-refractivity contribution in [2.45, 2.75) is 20.4 Å². The molecule has 1 aromatic carbocycles. The van der Waals surface area contributed by atoms with Crippen molar-refractivity contribution in [2.24, 2.45) is 0 Å². The van der Waals surface area contributed by atoms with Crippen LogP contribution < -0.4 is 5.32 Å². The Morgan fingerprint density at radius 3 is 2.62 bits per heavy atom. The summed E-state index contributed by atoms with van der Waals surface area (Å²) in [7, 11) is 1.65. The quantitative estimate of drug-likeness (QED) is 0.923. The van der Waals surface area contributed by atoms with Gasteiger partial charge in [-0.1, -0.05) is 11.6 Å². The molecule has 0 saturated heterocycles. The van der Waals surface area contributed by atoms with Crippen LogP contribution in [0.2, 0.25) is 5.02 Å². The molecule has 0 aliphatic heterocycles. The molecule has 1 N–H and O–H groups in total. The van der Waals surface area contributed by atoms with Crippen LogP contribution in [-0.4, -0.2) is 29.4 Å². The van der Waals surface area contributed by atoms with E-state index in [1.807, 2.05) is 18.5 Å². The Labute approximate surface area is 128 Å². The smallest absolute Gasteiger partial charge is 0.255 e. The normalized spacial score (nSPS) is 10.7.